The van der Waals surface area contributed by atoms with Crippen LogP contribution in [-0.4, -0.2) is 11.7 Å². The van der Waals surface area contributed by atoms with Gasteiger partial charge in [-0.05, 0) is 94.9 Å². The minimum atomic E-state index is -0.0384. The van der Waals surface area contributed by atoms with Crippen LogP contribution in [0.3, 0.4) is 0 Å². The summed E-state index contributed by atoms with van der Waals surface area (Å²) in [5.74, 6) is 2.40. The van der Waals surface area contributed by atoms with E-state index in [2.05, 4.69) is 199 Å². The maximum atomic E-state index is 6.83. The number of benzene rings is 7. The number of nitrogens with zero attached hydrogens (tertiary/aromatic N) is 4. The molecule has 4 heterocycles. The van der Waals surface area contributed by atoms with E-state index in [1.165, 1.54) is 53.9 Å². The SMILES string of the molecule is CC(C)(C)c1ccnc(N2c3ccccc3-c3ccccc3-c3ccc(Oc4cccc(N5CN(c6cccc7sc8ccccc8c67)c6ccccc65)c4)cc32)c1. The van der Waals surface area contributed by atoms with Crippen LogP contribution in [-0.2, 0) is 5.41 Å². The molecule has 0 radical (unpaired) electrons. The smallest absolute Gasteiger partial charge is 0.137 e. The second-order valence-electron chi connectivity index (χ2n) is 16.1. The van der Waals surface area contributed by atoms with Crippen molar-refractivity contribution in [1.29, 1.82) is 0 Å². The molecule has 0 bridgehead atoms. The van der Waals surface area contributed by atoms with Gasteiger partial charge in [-0.25, -0.2) is 4.98 Å². The second kappa shape index (κ2) is 13.4. The molecule has 5 nitrogen and oxygen atoms in total. The Labute approximate surface area is 342 Å². The molecular weight excluding hydrogens is 729 g/mol. The number of para-hydroxylation sites is 3. The molecule has 9 aromatic rings. The molecule has 0 N–H and O–H groups in total. The fourth-order valence-corrected chi connectivity index (χ4v) is 9.82. The number of fused-ring (bicyclic) bond motifs is 9. The fourth-order valence-electron chi connectivity index (χ4n) is 8.69. The van der Waals surface area contributed by atoms with Crippen LogP contribution >= 0.6 is 11.3 Å². The molecular formula is C52H40N4OS. The Kier molecular flexibility index (Phi) is 7.92. The normalized spacial score (nSPS) is 13.3. The molecule has 0 spiro atoms. The Balaban J connectivity index is 0.986. The van der Waals surface area contributed by atoms with Crippen molar-refractivity contribution in [2.45, 2.75) is 26.2 Å². The zero-order valence-electron chi connectivity index (χ0n) is 32.6. The Morgan fingerprint density at radius 1 is 0.517 bits per heavy atom. The molecule has 0 saturated heterocycles. The van der Waals surface area contributed by atoms with Crippen molar-refractivity contribution < 1.29 is 4.74 Å². The van der Waals surface area contributed by atoms with Gasteiger partial charge < -0.3 is 14.5 Å². The fraction of sp³-hybridized carbons (Fsp3) is 0.0962. The highest BCUT2D eigenvalue weighted by Gasteiger charge is 2.31. The van der Waals surface area contributed by atoms with Crippen LogP contribution in [0.5, 0.6) is 11.5 Å². The van der Waals surface area contributed by atoms with Crippen LogP contribution in [0, 0.1) is 0 Å². The van der Waals surface area contributed by atoms with E-state index in [1.807, 2.05) is 23.6 Å². The number of rotatable bonds is 5. The van der Waals surface area contributed by atoms with Gasteiger partial charge in [0, 0.05) is 55.3 Å². The van der Waals surface area contributed by atoms with Gasteiger partial charge in [-0.15, -0.1) is 11.3 Å². The third kappa shape index (κ3) is 5.63. The van der Waals surface area contributed by atoms with Gasteiger partial charge in [-0.2, -0.15) is 0 Å². The Bertz CT molecular complexity index is 3050. The summed E-state index contributed by atoms with van der Waals surface area (Å²) in [6, 6.07) is 60.7. The van der Waals surface area contributed by atoms with Crippen LogP contribution in [0.4, 0.5) is 39.9 Å². The first-order valence-corrected chi connectivity index (χ1v) is 20.6. The maximum absolute atomic E-state index is 6.83. The predicted octanol–water partition coefficient (Wildman–Crippen LogP) is 14.9. The number of hydrogen-bond donors (Lipinski definition) is 0. The van der Waals surface area contributed by atoms with E-state index in [9.17, 15) is 0 Å². The molecule has 6 heteroatoms. The molecule has 0 aliphatic carbocycles. The van der Waals surface area contributed by atoms with Gasteiger partial charge in [-0.3, -0.25) is 4.90 Å². The van der Waals surface area contributed by atoms with Gasteiger partial charge in [-0.1, -0.05) is 106 Å². The minimum Gasteiger partial charge on any atom is -0.457 e. The molecule has 58 heavy (non-hydrogen) atoms. The van der Waals surface area contributed by atoms with E-state index in [0.717, 1.165) is 45.5 Å². The van der Waals surface area contributed by atoms with Crippen molar-refractivity contribution in [1.82, 2.24) is 4.98 Å². The Hall–Kier alpha value is -6.89. The number of ether oxygens (including phenoxy) is 1. The molecule has 11 rings (SSSR count). The lowest BCUT2D eigenvalue weighted by molar-refractivity contribution is 0.483. The highest BCUT2D eigenvalue weighted by molar-refractivity contribution is 7.26. The van der Waals surface area contributed by atoms with Gasteiger partial charge in [0.15, 0.2) is 0 Å². The first kappa shape index (κ1) is 34.4. The number of anilines is 7. The van der Waals surface area contributed by atoms with Crippen molar-refractivity contribution >= 4 is 71.5 Å². The van der Waals surface area contributed by atoms with E-state index in [-0.39, 0.29) is 5.41 Å². The quantitative estimate of drug-likeness (QED) is 0.174. The Morgan fingerprint density at radius 3 is 1.97 bits per heavy atom. The van der Waals surface area contributed by atoms with Crippen LogP contribution in [0.1, 0.15) is 26.3 Å². The third-order valence-corrected chi connectivity index (χ3v) is 12.6. The van der Waals surface area contributed by atoms with E-state index in [4.69, 9.17) is 9.72 Å². The van der Waals surface area contributed by atoms with Crippen molar-refractivity contribution in [3.8, 4) is 33.8 Å². The zero-order chi connectivity index (χ0) is 39.0. The van der Waals surface area contributed by atoms with Gasteiger partial charge >= 0.3 is 0 Å². The van der Waals surface area contributed by atoms with Crippen molar-refractivity contribution in [2.24, 2.45) is 0 Å². The molecule has 2 aliphatic rings. The summed E-state index contributed by atoms with van der Waals surface area (Å²) in [5.41, 5.74) is 12.6. The number of hydrogen-bond acceptors (Lipinski definition) is 6. The summed E-state index contributed by atoms with van der Waals surface area (Å²) in [4.78, 5) is 12.1. The van der Waals surface area contributed by atoms with Crippen molar-refractivity contribution in [3.63, 3.8) is 0 Å². The highest BCUT2D eigenvalue weighted by atomic mass is 32.1. The van der Waals surface area contributed by atoms with Gasteiger partial charge in [0.1, 0.15) is 24.0 Å². The predicted molar refractivity (Wildman–Crippen MR) is 243 cm³/mol. The summed E-state index contributed by atoms with van der Waals surface area (Å²) in [7, 11) is 0. The molecule has 2 aromatic heterocycles. The van der Waals surface area contributed by atoms with E-state index < -0.39 is 0 Å². The Morgan fingerprint density at radius 2 is 1.16 bits per heavy atom. The number of thiophene rings is 1. The highest BCUT2D eigenvalue weighted by Crippen LogP contribution is 2.52. The zero-order valence-corrected chi connectivity index (χ0v) is 33.4. The summed E-state index contributed by atoms with van der Waals surface area (Å²) in [5, 5.41) is 2.60. The molecule has 0 unspecified atom stereocenters. The molecule has 2 aliphatic heterocycles. The third-order valence-electron chi connectivity index (χ3n) is 11.5. The molecule has 0 fully saturated rings. The first-order chi connectivity index (χ1) is 28.4. The second-order valence-corrected chi connectivity index (χ2v) is 17.1. The lowest BCUT2D eigenvalue weighted by atomic mass is 9.87. The van der Waals surface area contributed by atoms with Crippen LogP contribution in [0.25, 0.3) is 42.4 Å². The van der Waals surface area contributed by atoms with E-state index in [1.54, 1.807) is 0 Å². The topological polar surface area (TPSA) is 31.8 Å². The average Bonchev–Trinajstić information content (AvgIpc) is 3.80. The lowest BCUT2D eigenvalue weighted by Gasteiger charge is -2.28. The summed E-state index contributed by atoms with van der Waals surface area (Å²) in [6.45, 7) is 7.42. The van der Waals surface area contributed by atoms with Gasteiger partial charge in [0.05, 0.1) is 28.4 Å². The van der Waals surface area contributed by atoms with Crippen LogP contribution in [0.15, 0.2) is 176 Å². The van der Waals surface area contributed by atoms with Gasteiger partial charge in [0.25, 0.3) is 0 Å². The van der Waals surface area contributed by atoms with Crippen molar-refractivity contribution in [2.75, 3.05) is 21.4 Å². The molecule has 280 valence electrons. The van der Waals surface area contributed by atoms with Crippen LogP contribution < -0.4 is 19.4 Å². The molecule has 7 aromatic carbocycles. The first-order valence-electron chi connectivity index (χ1n) is 19.8. The van der Waals surface area contributed by atoms with Crippen molar-refractivity contribution in [3.05, 3.63) is 182 Å². The molecule has 0 amide bonds. The number of pyridine rings is 1. The minimum absolute atomic E-state index is 0.0384. The van der Waals surface area contributed by atoms with Crippen LogP contribution in [0.2, 0.25) is 0 Å². The lowest BCUT2D eigenvalue weighted by Crippen LogP contribution is -2.24. The summed E-state index contributed by atoms with van der Waals surface area (Å²) >= 11 is 1.86. The number of aromatic nitrogens is 1. The standard InChI is InChI=1S/C52H40N4OS/c1-52(2,3)34-28-29-53-50(30-34)56-43-20-8-6-18-40(43)38-16-4-5-17-39(38)41-27-26-37(32-47(41)56)57-36-15-12-14-35(31-36)54-33-55(45-22-10-9-21-44(45)54)46-23-13-25-49-51(46)42-19-7-11-24-48(42)58-49/h4-32H,33H2,1-3H3. The monoisotopic (exact) mass is 768 g/mol. The van der Waals surface area contributed by atoms with E-state index >= 15 is 0 Å². The molecule has 0 saturated carbocycles. The van der Waals surface area contributed by atoms with E-state index in [0.29, 0.717) is 6.67 Å². The average molecular weight is 769 g/mol. The van der Waals surface area contributed by atoms with Gasteiger partial charge in [0.2, 0.25) is 0 Å². The maximum Gasteiger partial charge on any atom is 0.137 e. The largest absolute Gasteiger partial charge is 0.457 e. The molecule has 0 atom stereocenters. The summed E-state index contributed by atoms with van der Waals surface area (Å²) < 4.78 is 9.44. The summed E-state index contributed by atoms with van der Waals surface area (Å²) in [6.07, 6.45) is 1.93.